The number of aryl methyl sites for hydroxylation is 1. The summed E-state index contributed by atoms with van der Waals surface area (Å²) in [5.74, 6) is -1.78. The molecule has 0 aromatic heterocycles. The summed E-state index contributed by atoms with van der Waals surface area (Å²) in [5, 5.41) is 9.48. The zero-order valence-corrected chi connectivity index (χ0v) is 19.3. The smallest absolute Gasteiger partial charge is 0.329 e. The van der Waals surface area contributed by atoms with E-state index in [1.807, 2.05) is 32.0 Å². The lowest BCUT2D eigenvalue weighted by molar-refractivity contribution is -0.136. The SMILES string of the molecule is Cc1cccc(NC(=O)COc2ccccc2/C=N\NC(=O)C(=O)Nc2cccc(Cl)c2)c1C. The van der Waals surface area contributed by atoms with Crippen LogP contribution in [0.5, 0.6) is 5.75 Å². The molecule has 0 fully saturated rings. The summed E-state index contributed by atoms with van der Waals surface area (Å²) in [6, 6.07) is 18.9. The predicted octanol–water partition coefficient (Wildman–Crippen LogP) is 4.06. The van der Waals surface area contributed by atoms with Gasteiger partial charge in [-0.1, -0.05) is 41.9 Å². The highest BCUT2D eigenvalue weighted by atomic mass is 35.5. The van der Waals surface area contributed by atoms with Gasteiger partial charge in [-0.25, -0.2) is 5.43 Å². The van der Waals surface area contributed by atoms with Crippen LogP contribution in [0.4, 0.5) is 11.4 Å². The van der Waals surface area contributed by atoms with Crippen LogP contribution in [0, 0.1) is 13.8 Å². The molecule has 3 aromatic rings. The maximum Gasteiger partial charge on any atom is 0.329 e. The molecule has 174 valence electrons. The van der Waals surface area contributed by atoms with Crippen LogP contribution in [0.3, 0.4) is 0 Å². The number of nitrogens with one attached hydrogen (secondary N) is 3. The zero-order valence-electron chi connectivity index (χ0n) is 18.6. The second-order valence-corrected chi connectivity index (χ2v) is 7.72. The van der Waals surface area contributed by atoms with Crippen LogP contribution in [-0.4, -0.2) is 30.5 Å². The number of nitrogens with zero attached hydrogens (tertiary/aromatic N) is 1. The Morgan fingerprint density at radius 1 is 0.941 bits per heavy atom. The van der Waals surface area contributed by atoms with Crippen molar-refractivity contribution in [1.82, 2.24) is 5.43 Å². The van der Waals surface area contributed by atoms with Gasteiger partial charge in [0.25, 0.3) is 5.91 Å². The van der Waals surface area contributed by atoms with Crippen LogP contribution < -0.4 is 20.8 Å². The van der Waals surface area contributed by atoms with Gasteiger partial charge in [-0.2, -0.15) is 5.10 Å². The van der Waals surface area contributed by atoms with Crippen molar-refractivity contribution >= 4 is 46.9 Å². The molecule has 0 saturated carbocycles. The first-order chi connectivity index (χ1) is 16.3. The fraction of sp³-hybridized carbons (Fsp3) is 0.120. The van der Waals surface area contributed by atoms with Crippen molar-refractivity contribution in [1.29, 1.82) is 0 Å². The minimum Gasteiger partial charge on any atom is -0.483 e. The average Bonchev–Trinajstić information content (AvgIpc) is 2.81. The lowest BCUT2D eigenvalue weighted by Gasteiger charge is -2.12. The summed E-state index contributed by atoms with van der Waals surface area (Å²) in [6.07, 6.45) is 1.32. The summed E-state index contributed by atoms with van der Waals surface area (Å²) >= 11 is 5.86. The van der Waals surface area contributed by atoms with E-state index in [1.165, 1.54) is 12.3 Å². The third kappa shape index (κ3) is 6.91. The number of carbonyl (C=O) groups excluding carboxylic acids is 3. The van der Waals surface area contributed by atoms with Crippen molar-refractivity contribution in [2.45, 2.75) is 13.8 Å². The molecule has 8 nitrogen and oxygen atoms in total. The van der Waals surface area contributed by atoms with E-state index in [9.17, 15) is 14.4 Å². The standard InChI is InChI=1S/C25H23ClN4O4/c1-16-7-5-11-21(17(16)2)29-23(31)15-34-22-12-4-3-8-18(22)14-27-30-25(33)24(32)28-20-10-6-9-19(26)13-20/h3-14H,15H2,1-2H3,(H,28,32)(H,29,31)(H,30,33)/b27-14-. The molecule has 0 atom stereocenters. The lowest BCUT2D eigenvalue weighted by atomic mass is 10.1. The van der Waals surface area contributed by atoms with Crippen molar-refractivity contribution in [3.63, 3.8) is 0 Å². The van der Waals surface area contributed by atoms with Gasteiger partial charge in [0.15, 0.2) is 6.61 Å². The van der Waals surface area contributed by atoms with Gasteiger partial charge in [0.2, 0.25) is 0 Å². The summed E-state index contributed by atoms with van der Waals surface area (Å²) in [6.45, 7) is 3.69. The number of amides is 3. The molecule has 3 aromatic carbocycles. The van der Waals surface area contributed by atoms with Gasteiger partial charge >= 0.3 is 11.8 Å². The first kappa shape index (κ1) is 24.5. The molecule has 9 heteroatoms. The third-order valence-corrected chi connectivity index (χ3v) is 5.05. The Kier molecular flexibility index (Phi) is 8.37. The van der Waals surface area contributed by atoms with Gasteiger partial charge in [0.1, 0.15) is 5.75 Å². The molecule has 34 heavy (non-hydrogen) atoms. The number of carbonyl (C=O) groups is 3. The van der Waals surface area contributed by atoms with Crippen LogP contribution in [0.25, 0.3) is 0 Å². The van der Waals surface area contributed by atoms with Crippen LogP contribution >= 0.6 is 11.6 Å². The lowest BCUT2D eigenvalue weighted by Crippen LogP contribution is -2.32. The molecule has 3 rings (SSSR count). The normalized spacial score (nSPS) is 10.6. The monoisotopic (exact) mass is 478 g/mol. The Morgan fingerprint density at radius 3 is 2.50 bits per heavy atom. The topological polar surface area (TPSA) is 109 Å². The van der Waals surface area contributed by atoms with E-state index >= 15 is 0 Å². The van der Waals surface area contributed by atoms with E-state index in [1.54, 1.807) is 42.5 Å². The van der Waals surface area contributed by atoms with E-state index in [0.717, 1.165) is 16.8 Å². The van der Waals surface area contributed by atoms with Crippen molar-refractivity contribution in [3.8, 4) is 5.75 Å². The molecule has 0 heterocycles. The van der Waals surface area contributed by atoms with E-state index in [-0.39, 0.29) is 12.5 Å². The molecular weight excluding hydrogens is 456 g/mol. The van der Waals surface area contributed by atoms with E-state index in [0.29, 0.717) is 22.0 Å². The number of halogens is 1. The van der Waals surface area contributed by atoms with Gasteiger partial charge < -0.3 is 15.4 Å². The zero-order chi connectivity index (χ0) is 24.5. The molecule has 3 N–H and O–H groups in total. The minimum atomic E-state index is -0.956. The van der Waals surface area contributed by atoms with Gasteiger partial charge in [0.05, 0.1) is 6.21 Å². The molecule has 0 radical (unpaired) electrons. The highest BCUT2D eigenvalue weighted by molar-refractivity contribution is 6.39. The highest BCUT2D eigenvalue weighted by Crippen LogP contribution is 2.19. The molecular formula is C25H23ClN4O4. The predicted molar refractivity (Wildman–Crippen MR) is 132 cm³/mol. The van der Waals surface area contributed by atoms with Crippen LogP contribution in [0.15, 0.2) is 71.8 Å². The molecule has 0 aliphatic rings. The van der Waals surface area contributed by atoms with Crippen LogP contribution in [0.1, 0.15) is 16.7 Å². The maximum absolute atomic E-state index is 12.3. The highest BCUT2D eigenvalue weighted by Gasteiger charge is 2.13. The van der Waals surface area contributed by atoms with E-state index < -0.39 is 11.8 Å². The van der Waals surface area contributed by atoms with Gasteiger partial charge in [-0.05, 0) is 61.4 Å². The Labute approximate surface area is 202 Å². The summed E-state index contributed by atoms with van der Waals surface area (Å²) in [7, 11) is 0. The largest absolute Gasteiger partial charge is 0.483 e. The number of anilines is 2. The Bertz CT molecular complexity index is 1240. The Morgan fingerprint density at radius 2 is 1.71 bits per heavy atom. The van der Waals surface area contributed by atoms with Gasteiger partial charge in [-0.15, -0.1) is 0 Å². The number of hydrogen-bond donors (Lipinski definition) is 3. The summed E-state index contributed by atoms with van der Waals surface area (Å²) < 4.78 is 5.63. The van der Waals surface area contributed by atoms with Crippen LogP contribution in [-0.2, 0) is 14.4 Å². The molecule has 0 aliphatic heterocycles. The Balaban J connectivity index is 1.55. The average molecular weight is 479 g/mol. The molecule has 0 unspecified atom stereocenters. The Hall–Kier alpha value is -4.17. The number of benzene rings is 3. The molecule has 0 aliphatic carbocycles. The first-order valence-electron chi connectivity index (χ1n) is 10.3. The van der Waals surface area contributed by atoms with Crippen molar-refractivity contribution in [3.05, 3.63) is 88.4 Å². The number of hydrazone groups is 1. The summed E-state index contributed by atoms with van der Waals surface area (Å²) in [5.41, 5.74) is 5.83. The van der Waals surface area contributed by atoms with E-state index in [2.05, 4.69) is 21.2 Å². The van der Waals surface area contributed by atoms with Crippen molar-refractivity contribution in [2.75, 3.05) is 17.2 Å². The van der Waals surface area contributed by atoms with Gasteiger partial charge in [0, 0.05) is 22.0 Å². The number of para-hydroxylation sites is 1. The molecule has 0 saturated heterocycles. The summed E-state index contributed by atoms with van der Waals surface area (Å²) in [4.78, 5) is 36.3. The van der Waals surface area contributed by atoms with Crippen molar-refractivity contribution < 1.29 is 19.1 Å². The molecule has 3 amide bonds. The van der Waals surface area contributed by atoms with Crippen molar-refractivity contribution in [2.24, 2.45) is 5.10 Å². The van der Waals surface area contributed by atoms with Gasteiger partial charge in [-0.3, -0.25) is 14.4 Å². The quantitative estimate of drug-likeness (QED) is 0.270. The maximum atomic E-state index is 12.3. The fourth-order valence-electron chi connectivity index (χ4n) is 2.90. The number of ether oxygens (including phenoxy) is 1. The second-order valence-electron chi connectivity index (χ2n) is 7.29. The second kappa shape index (κ2) is 11.6. The minimum absolute atomic E-state index is 0.216. The number of rotatable bonds is 7. The molecule has 0 spiro atoms. The molecule has 0 bridgehead atoms. The van der Waals surface area contributed by atoms with E-state index in [4.69, 9.17) is 16.3 Å². The first-order valence-corrected chi connectivity index (χ1v) is 10.7. The third-order valence-electron chi connectivity index (χ3n) is 4.81. The number of hydrogen-bond acceptors (Lipinski definition) is 5. The fourth-order valence-corrected chi connectivity index (χ4v) is 3.09. The van der Waals surface area contributed by atoms with Crippen LogP contribution in [0.2, 0.25) is 5.02 Å².